The average Bonchev–Trinajstić information content (AvgIpc) is 2.58. The summed E-state index contributed by atoms with van der Waals surface area (Å²) in [6.07, 6.45) is 3.57. The predicted octanol–water partition coefficient (Wildman–Crippen LogP) is 2.34. The number of carbonyl (C=O) groups excluding carboxylic acids is 2. The van der Waals surface area contributed by atoms with Gasteiger partial charge in [-0.25, -0.2) is 0 Å². The normalized spacial score (nSPS) is 16.1. The number of nitrogens with one attached hydrogen (secondary N) is 1. The van der Waals surface area contributed by atoms with Gasteiger partial charge >= 0.3 is 0 Å². The van der Waals surface area contributed by atoms with Gasteiger partial charge in [0.05, 0.1) is 6.54 Å². The minimum absolute atomic E-state index is 0.0940. The van der Waals surface area contributed by atoms with E-state index in [0.29, 0.717) is 13.0 Å². The van der Waals surface area contributed by atoms with Gasteiger partial charge in [0.15, 0.2) is 0 Å². The minimum atomic E-state index is -0.126. The molecule has 19 heavy (non-hydrogen) atoms. The van der Waals surface area contributed by atoms with Crippen molar-refractivity contribution in [2.45, 2.75) is 32.6 Å². The fourth-order valence-electron chi connectivity index (χ4n) is 2.22. The molecular formula is C15H20N2O2. The molecule has 1 aliphatic rings. The SMILES string of the molecule is Cc1ccc(NC(=O)CN2CCCCCC2=O)cc1. The lowest BCUT2D eigenvalue weighted by Crippen LogP contribution is -2.37. The van der Waals surface area contributed by atoms with Gasteiger partial charge in [0.25, 0.3) is 0 Å². The van der Waals surface area contributed by atoms with Gasteiger partial charge in [0.2, 0.25) is 11.8 Å². The fraction of sp³-hybridized carbons (Fsp3) is 0.467. The highest BCUT2D eigenvalue weighted by Gasteiger charge is 2.19. The Balaban J connectivity index is 1.89. The first-order chi connectivity index (χ1) is 9.15. The third-order valence-electron chi connectivity index (χ3n) is 3.34. The molecule has 0 aromatic heterocycles. The molecule has 1 heterocycles. The van der Waals surface area contributed by atoms with E-state index >= 15 is 0 Å². The lowest BCUT2D eigenvalue weighted by atomic mass is 10.2. The van der Waals surface area contributed by atoms with Crippen molar-refractivity contribution in [2.24, 2.45) is 0 Å². The van der Waals surface area contributed by atoms with Gasteiger partial charge in [0.1, 0.15) is 0 Å². The van der Waals surface area contributed by atoms with Crippen molar-refractivity contribution in [1.82, 2.24) is 4.90 Å². The van der Waals surface area contributed by atoms with Crippen molar-refractivity contribution in [3.05, 3.63) is 29.8 Å². The van der Waals surface area contributed by atoms with E-state index in [4.69, 9.17) is 0 Å². The molecule has 1 saturated heterocycles. The summed E-state index contributed by atoms with van der Waals surface area (Å²) in [6.45, 7) is 2.86. The van der Waals surface area contributed by atoms with Gasteiger partial charge in [-0.3, -0.25) is 9.59 Å². The summed E-state index contributed by atoms with van der Waals surface area (Å²) in [6, 6.07) is 7.65. The van der Waals surface area contributed by atoms with Crippen LogP contribution in [-0.2, 0) is 9.59 Å². The monoisotopic (exact) mass is 260 g/mol. The summed E-state index contributed by atoms with van der Waals surface area (Å²) in [5.74, 6) is -0.0318. The van der Waals surface area contributed by atoms with Crippen LogP contribution in [0.1, 0.15) is 31.2 Å². The predicted molar refractivity (Wildman–Crippen MR) is 74.9 cm³/mol. The third kappa shape index (κ3) is 4.09. The Hall–Kier alpha value is -1.84. The van der Waals surface area contributed by atoms with Crippen LogP contribution in [0.2, 0.25) is 0 Å². The highest BCUT2D eigenvalue weighted by Crippen LogP contribution is 2.12. The van der Waals surface area contributed by atoms with Crippen LogP contribution in [0.4, 0.5) is 5.69 Å². The largest absolute Gasteiger partial charge is 0.333 e. The Bertz CT molecular complexity index is 454. The molecule has 2 amide bonds. The lowest BCUT2D eigenvalue weighted by Gasteiger charge is -2.19. The van der Waals surface area contributed by atoms with Crippen LogP contribution in [0.5, 0.6) is 0 Å². The summed E-state index contributed by atoms with van der Waals surface area (Å²) in [5.41, 5.74) is 1.93. The Morgan fingerprint density at radius 1 is 1.21 bits per heavy atom. The molecule has 1 fully saturated rings. The second kappa shape index (κ2) is 6.36. The molecular weight excluding hydrogens is 240 g/mol. The van der Waals surface area contributed by atoms with Crippen molar-refractivity contribution in [3.8, 4) is 0 Å². The Labute approximate surface area is 113 Å². The van der Waals surface area contributed by atoms with Gasteiger partial charge in [0, 0.05) is 18.7 Å². The number of amides is 2. The molecule has 1 aromatic carbocycles. The van der Waals surface area contributed by atoms with Crippen LogP contribution in [0.25, 0.3) is 0 Å². The lowest BCUT2D eigenvalue weighted by molar-refractivity contribution is -0.134. The van der Waals surface area contributed by atoms with Crippen LogP contribution >= 0.6 is 0 Å². The Kier molecular flexibility index (Phi) is 4.55. The molecule has 0 radical (unpaired) electrons. The van der Waals surface area contributed by atoms with Crippen LogP contribution in [0.3, 0.4) is 0 Å². The van der Waals surface area contributed by atoms with Crippen molar-refractivity contribution >= 4 is 17.5 Å². The van der Waals surface area contributed by atoms with E-state index in [1.54, 1.807) is 4.90 Å². The molecule has 2 rings (SSSR count). The number of nitrogens with zero attached hydrogens (tertiary/aromatic N) is 1. The highest BCUT2D eigenvalue weighted by molar-refractivity contribution is 5.94. The number of benzene rings is 1. The van der Waals surface area contributed by atoms with E-state index < -0.39 is 0 Å². The maximum absolute atomic E-state index is 11.9. The minimum Gasteiger partial charge on any atom is -0.333 e. The zero-order chi connectivity index (χ0) is 13.7. The quantitative estimate of drug-likeness (QED) is 0.906. The highest BCUT2D eigenvalue weighted by atomic mass is 16.2. The average molecular weight is 260 g/mol. The summed E-state index contributed by atoms with van der Waals surface area (Å²) in [7, 11) is 0. The number of aryl methyl sites for hydroxylation is 1. The number of anilines is 1. The Morgan fingerprint density at radius 3 is 2.68 bits per heavy atom. The van der Waals surface area contributed by atoms with Crippen molar-refractivity contribution in [3.63, 3.8) is 0 Å². The van der Waals surface area contributed by atoms with E-state index in [0.717, 1.165) is 30.5 Å². The second-order valence-corrected chi connectivity index (χ2v) is 5.04. The molecule has 0 spiro atoms. The van der Waals surface area contributed by atoms with E-state index in [2.05, 4.69) is 5.32 Å². The van der Waals surface area contributed by atoms with E-state index in [9.17, 15) is 9.59 Å². The van der Waals surface area contributed by atoms with Gasteiger partial charge in [-0.1, -0.05) is 24.1 Å². The zero-order valence-corrected chi connectivity index (χ0v) is 11.3. The van der Waals surface area contributed by atoms with E-state index in [-0.39, 0.29) is 18.4 Å². The van der Waals surface area contributed by atoms with Crippen molar-refractivity contribution in [2.75, 3.05) is 18.4 Å². The fourth-order valence-corrected chi connectivity index (χ4v) is 2.22. The standard InChI is InChI=1S/C15H20N2O2/c1-12-6-8-13(9-7-12)16-14(18)11-17-10-4-2-3-5-15(17)19/h6-9H,2-5,10-11H2,1H3,(H,16,18). The molecule has 102 valence electrons. The molecule has 1 aromatic rings. The van der Waals surface area contributed by atoms with Gasteiger partial charge in [-0.15, -0.1) is 0 Å². The van der Waals surface area contributed by atoms with Gasteiger partial charge < -0.3 is 10.2 Å². The second-order valence-electron chi connectivity index (χ2n) is 5.04. The van der Waals surface area contributed by atoms with Gasteiger partial charge in [-0.05, 0) is 31.9 Å². The molecule has 4 nitrogen and oxygen atoms in total. The van der Waals surface area contributed by atoms with Crippen LogP contribution in [-0.4, -0.2) is 29.8 Å². The first-order valence-corrected chi connectivity index (χ1v) is 6.79. The molecule has 0 bridgehead atoms. The Morgan fingerprint density at radius 2 is 1.95 bits per heavy atom. The molecule has 0 saturated carbocycles. The number of carbonyl (C=O) groups is 2. The third-order valence-corrected chi connectivity index (χ3v) is 3.34. The molecule has 0 atom stereocenters. The smallest absolute Gasteiger partial charge is 0.243 e. The van der Waals surface area contributed by atoms with E-state index in [1.807, 2.05) is 31.2 Å². The van der Waals surface area contributed by atoms with E-state index in [1.165, 1.54) is 0 Å². The molecule has 1 N–H and O–H groups in total. The zero-order valence-electron chi connectivity index (χ0n) is 11.3. The van der Waals surface area contributed by atoms with Gasteiger partial charge in [-0.2, -0.15) is 0 Å². The number of hydrogen-bond donors (Lipinski definition) is 1. The van der Waals surface area contributed by atoms with Crippen LogP contribution in [0.15, 0.2) is 24.3 Å². The van der Waals surface area contributed by atoms with Crippen molar-refractivity contribution in [1.29, 1.82) is 0 Å². The molecule has 4 heteroatoms. The van der Waals surface area contributed by atoms with Crippen LogP contribution in [0, 0.1) is 6.92 Å². The summed E-state index contributed by atoms with van der Waals surface area (Å²) in [5, 5.41) is 2.82. The summed E-state index contributed by atoms with van der Waals surface area (Å²) >= 11 is 0. The number of hydrogen-bond acceptors (Lipinski definition) is 2. The van der Waals surface area contributed by atoms with Crippen molar-refractivity contribution < 1.29 is 9.59 Å². The number of likely N-dealkylation sites (tertiary alicyclic amines) is 1. The summed E-state index contributed by atoms with van der Waals surface area (Å²) < 4.78 is 0. The summed E-state index contributed by atoms with van der Waals surface area (Å²) in [4.78, 5) is 25.4. The van der Waals surface area contributed by atoms with Crippen LogP contribution < -0.4 is 5.32 Å². The maximum atomic E-state index is 11.9. The topological polar surface area (TPSA) is 49.4 Å². The molecule has 0 unspecified atom stereocenters. The first-order valence-electron chi connectivity index (χ1n) is 6.79. The molecule has 1 aliphatic heterocycles. The number of rotatable bonds is 3. The maximum Gasteiger partial charge on any atom is 0.243 e. The first kappa shape index (κ1) is 13.6. The molecule has 0 aliphatic carbocycles.